The van der Waals surface area contributed by atoms with Gasteiger partial charge in [-0.1, -0.05) is 13.8 Å². The molecule has 146 valence electrons. The van der Waals surface area contributed by atoms with Gasteiger partial charge in [0.15, 0.2) is 17.3 Å². The molecule has 0 saturated heterocycles. The van der Waals surface area contributed by atoms with Crippen molar-refractivity contribution in [3.05, 3.63) is 60.6 Å². The van der Waals surface area contributed by atoms with Gasteiger partial charge in [-0.2, -0.15) is 5.10 Å². The van der Waals surface area contributed by atoms with Gasteiger partial charge in [0.2, 0.25) is 0 Å². The fourth-order valence-corrected chi connectivity index (χ4v) is 3.89. The lowest BCUT2D eigenvalue weighted by Gasteiger charge is -2.37. The molecule has 29 heavy (non-hydrogen) atoms. The number of hydrogen-bond acceptors (Lipinski definition) is 6. The largest absolute Gasteiger partial charge is 0.326 e. The zero-order chi connectivity index (χ0) is 20.0. The molecule has 0 saturated carbocycles. The third kappa shape index (κ3) is 2.86. The maximum Gasteiger partial charge on any atom is 0.258 e. The quantitative estimate of drug-likeness (QED) is 0.534. The lowest BCUT2D eigenvalue weighted by atomic mass is 9.99. The topological polar surface area (TPSA) is 94.1 Å². The first-order chi connectivity index (χ1) is 14.1. The first kappa shape index (κ1) is 17.5. The zero-order valence-electron chi connectivity index (χ0n) is 16.2. The average molecular weight is 388 g/mol. The van der Waals surface area contributed by atoms with Crippen LogP contribution in [0.25, 0.3) is 17.0 Å². The van der Waals surface area contributed by atoms with Gasteiger partial charge in [0.25, 0.3) is 5.91 Å². The van der Waals surface area contributed by atoms with Crippen LogP contribution >= 0.6 is 0 Å². The van der Waals surface area contributed by atoms with E-state index in [1.807, 2.05) is 34.0 Å². The maximum atomic E-state index is 13.5. The van der Waals surface area contributed by atoms with Crippen molar-refractivity contribution >= 4 is 11.6 Å². The molecule has 1 aliphatic heterocycles. The van der Waals surface area contributed by atoms with Crippen LogP contribution in [0.3, 0.4) is 0 Å². The van der Waals surface area contributed by atoms with E-state index < -0.39 is 0 Å². The van der Waals surface area contributed by atoms with Crippen LogP contribution in [0.2, 0.25) is 0 Å². The van der Waals surface area contributed by atoms with Crippen LogP contribution in [-0.2, 0) is 6.54 Å². The summed E-state index contributed by atoms with van der Waals surface area (Å²) in [6.07, 6.45) is 6.90. The molecule has 1 amide bonds. The Morgan fingerprint density at radius 3 is 2.90 bits per heavy atom. The molecule has 0 aliphatic carbocycles. The molecule has 5 rings (SSSR count). The molecule has 4 aromatic heterocycles. The fourth-order valence-electron chi connectivity index (χ4n) is 3.89. The van der Waals surface area contributed by atoms with Crippen molar-refractivity contribution in [2.24, 2.45) is 5.92 Å². The highest BCUT2D eigenvalue weighted by atomic mass is 16.2. The molecular weight excluding hydrogens is 368 g/mol. The Morgan fingerprint density at radius 2 is 2.10 bits per heavy atom. The molecule has 0 bridgehead atoms. The minimum atomic E-state index is -0.183. The molecule has 9 heteroatoms. The van der Waals surface area contributed by atoms with Gasteiger partial charge in [-0.25, -0.2) is 9.67 Å². The summed E-state index contributed by atoms with van der Waals surface area (Å²) >= 11 is 0. The van der Waals surface area contributed by atoms with Gasteiger partial charge in [-0.05, 0) is 30.2 Å². The predicted octanol–water partition coefficient (Wildman–Crippen LogP) is 2.24. The normalized spacial score (nSPS) is 16.4. The third-order valence-corrected chi connectivity index (χ3v) is 5.22. The first-order valence-corrected chi connectivity index (χ1v) is 9.58. The van der Waals surface area contributed by atoms with Crippen molar-refractivity contribution < 1.29 is 4.79 Å². The minimum Gasteiger partial charge on any atom is -0.326 e. The lowest BCUT2D eigenvalue weighted by Crippen LogP contribution is -2.44. The van der Waals surface area contributed by atoms with Crippen LogP contribution in [0.15, 0.2) is 49.2 Å². The van der Waals surface area contributed by atoms with E-state index in [-0.39, 0.29) is 17.9 Å². The SMILES string of the molecule is CC(C)[C@@H]1c2nc(-c3cccnc3)nn2CCN1C(=O)c1cccn2cnnc12. The number of amides is 1. The van der Waals surface area contributed by atoms with Gasteiger partial charge in [-0.3, -0.25) is 14.2 Å². The molecule has 9 nitrogen and oxygen atoms in total. The van der Waals surface area contributed by atoms with Crippen LogP contribution in [0.4, 0.5) is 0 Å². The fraction of sp³-hybridized carbons (Fsp3) is 0.300. The monoisotopic (exact) mass is 388 g/mol. The summed E-state index contributed by atoms with van der Waals surface area (Å²) in [5, 5.41) is 12.7. The summed E-state index contributed by atoms with van der Waals surface area (Å²) in [5.74, 6) is 1.53. The van der Waals surface area contributed by atoms with Gasteiger partial charge < -0.3 is 4.90 Å². The van der Waals surface area contributed by atoms with Crippen LogP contribution in [0.5, 0.6) is 0 Å². The van der Waals surface area contributed by atoms with E-state index in [4.69, 9.17) is 4.98 Å². The molecule has 0 N–H and O–H groups in total. The number of carbonyl (C=O) groups is 1. The number of hydrogen-bond donors (Lipinski definition) is 0. The number of fused-ring (bicyclic) bond motifs is 2. The molecule has 5 heterocycles. The van der Waals surface area contributed by atoms with Gasteiger partial charge in [0.1, 0.15) is 6.33 Å². The standard InChI is InChI=1S/C20H20N8O/c1-13(2)16-19-23-17(14-5-3-7-21-11-14)25-28(19)10-9-27(16)20(29)15-6-4-8-26-12-22-24-18(15)26/h3-8,11-13,16H,9-10H2,1-2H3/t16-/m1/s1. The minimum absolute atomic E-state index is 0.0699. The lowest BCUT2D eigenvalue weighted by molar-refractivity contribution is 0.0538. The number of pyridine rings is 2. The summed E-state index contributed by atoms with van der Waals surface area (Å²) in [6.45, 7) is 5.33. The van der Waals surface area contributed by atoms with Crippen LogP contribution in [0, 0.1) is 5.92 Å². The molecule has 1 aliphatic rings. The molecule has 0 fully saturated rings. The Bertz CT molecular complexity index is 1180. The molecule has 0 unspecified atom stereocenters. The van der Waals surface area contributed by atoms with Gasteiger partial charge in [0.05, 0.1) is 18.2 Å². The Kier molecular flexibility index (Phi) is 4.08. The summed E-state index contributed by atoms with van der Waals surface area (Å²) in [4.78, 5) is 24.3. The average Bonchev–Trinajstić information content (AvgIpc) is 3.39. The highest BCUT2D eigenvalue weighted by Gasteiger charge is 2.37. The molecular formula is C20H20N8O. The second-order valence-corrected chi connectivity index (χ2v) is 7.43. The highest BCUT2D eigenvalue weighted by Crippen LogP contribution is 2.33. The van der Waals surface area contributed by atoms with Crippen molar-refractivity contribution in [1.29, 1.82) is 0 Å². The van der Waals surface area contributed by atoms with E-state index in [0.717, 1.165) is 11.4 Å². The molecule has 4 aromatic rings. The summed E-state index contributed by atoms with van der Waals surface area (Å²) in [6, 6.07) is 7.25. The van der Waals surface area contributed by atoms with Crippen molar-refractivity contribution in [3.8, 4) is 11.4 Å². The van der Waals surface area contributed by atoms with E-state index in [0.29, 0.717) is 30.1 Å². The van der Waals surface area contributed by atoms with Gasteiger partial charge in [0, 0.05) is 30.7 Å². The summed E-state index contributed by atoms with van der Waals surface area (Å²) < 4.78 is 3.67. The maximum absolute atomic E-state index is 13.5. The smallest absolute Gasteiger partial charge is 0.258 e. The van der Waals surface area contributed by atoms with Crippen molar-refractivity contribution in [2.45, 2.75) is 26.4 Å². The number of aromatic nitrogens is 7. The van der Waals surface area contributed by atoms with Crippen LogP contribution in [-0.4, -0.2) is 51.7 Å². The van der Waals surface area contributed by atoms with E-state index in [2.05, 4.69) is 34.1 Å². The van der Waals surface area contributed by atoms with E-state index in [1.54, 1.807) is 29.2 Å². The third-order valence-electron chi connectivity index (χ3n) is 5.22. The highest BCUT2D eigenvalue weighted by molar-refractivity contribution is 6.00. The molecule has 0 radical (unpaired) electrons. The zero-order valence-corrected chi connectivity index (χ0v) is 16.2. The molecule has 0 aromatic carbocycles. The Balaban J connectivity index is 1.55. The second-order valence-electron chi connectivity index (χ2n) is 7.43. The van der Waals surface area contributed by atoms with Crippen molar-refractivity contribution in [1.82, 2.24) is 39.2 Å². The predicted molar refractivity (Wildman–Crippen MR) is 105 cm³/mol. The Hall–Kier alpha value is -3.62. The first-order valence-electron chi connectivity index (χ1n) is 9.58. The van der Waals surface area contributed by atoms with E-state index in [1.165, 1.54) is 0 Å². The summed E-state index contributed by atoms with van der Waals surface area (Å²) in [5.41, 5.74) is 1.96. The van der Waals surface area contributed by atoms with Crippen LogP contribution in [0.1, 0.15) is 36.1 Å². The Morgan fingerprint density at radius 1 is 1.21 bits per heavy atom. The molecule has 1 atom stereocenters. The number of rotatable bonds is 3. The van der Waals surface area contributed by atoms with Crippen molar-refractivity contribution in [3.63, 3.8) is 0 Å². The van der Waals surface area contributed by atoms with Crippen molar-refractivity contribution in [2.75, 3.05) is 6.54 Å². The van der Waals surface area contributed by atoms with Gasteiger partial charge in [-0.15, -0.1) is 10.2 Å². The molecule has 0 spiro atoms. The summed E-state index contributed by atoms with van der Waals surface area (Å²) in [7, 11) is 0. The van der Waals surface area contributed by atoms with Gasteiger partial charge >= 0.3 is 0 Å². The number of carbonyl (C=O) groups excluding carboxylic acids is 1. The van der Waals surface area contributed by atoms with E-state index in [9.17, 15) is 4.79 Å². The Labute approximate surface area is 167 Å². The van der Waals surface area contributed by atoms with E-state index >= 15 is 0 Å². The second kappa shape index (κ2) is 6.77. The van der Waals surface area contributed by atoms with Crippen LogP contribution < -0.4 is 0 Å². The number of nitrogens with zero attached hydrogens (tertiary/aromatic N) is 8.